The zero-order chi connectivity index (χ0) is 18.8. The largest absolute Gasteiger partial charge is 0.229 e. The molecule has 3 heterocycles. The Kier molecular flexibility index (Phi) is 4.26. The minimum Gasteiger partial charge on any atom is -0.229 e. The van der Waals surface area contributed by atoms with Crippen molar-refractivity contribution < 1.29 is 0 Å². The summed E-state index contributed by atoms with van der Waals surface area (Å²) in [4.78, 5) is 8.86. The Morgan fingerprint density at radius 1 is 0.821 bits per heavy atom. The Balaban J connectivity index is 1.45. The summed E-state index contributed by atoms with van der Waals surface area (Å²) >= 11 is 1.56. The molecule has 0 radical (unpaired) electrons. The van der Waals surface area contributed by atoms with E-state index in [0.29, 0.717) is 5.75 Å². The maximum absolute atomic E-state index is 4.49. The second-order valence-corrected chi connectivity index (χ2v) is 6.90. The second kappa shape index (κ2) is 7.20. The van der Waals surface area contributed by atoms with Gasteiger partial charge in [-0.3, -0.25) is 0 Å². The number of thioether (sulfide) groups is 1. The molecular formula is C19H14N8S. The zero-order valence-electron chi connectivity index (χ0n) is 14.6. The molecular weight excluding hydrogens is 372 g/mol. The van der Waals surface area contributed by atoms with E-state index in [9.17, 15) is 0 Å². The smallest absolute Gasteiger partial charge is 0.167 e. The molecule has 9 heteroatoms. The first-order chi connectivity index (χ1) is 13.9. The van der Waals surface area contributed by atoms with Crippen LogP contribution in [-0.4, -0.2) is 40.0 Å². The molecule has 136 valence electrons. The van der Waals surface area contributed by atoms with Crippen molar-refractivity contribution in [3.8, 4) is 11.4 Å². The van der Waals surface area contributed by atoms with Gasteiger partial charge in [0.15, 0.2) is 11.5 Å². The molecule has 2 aromatic carbocycles. The standard InChI is InChI=1S/C19H14N8S/c1-3-7-14(8-4-1)26-17(23-24-25-26)12-28-19-16-11-22-27(18(16)20-13-21-19)15-9-5-2-6-10-15/h1-11,13H,12H2. The summed E-state index contributed by atoms with van der Waals surface area (Å²) in [7, 11) is 0. The number of benzene rings is 2. The fraction of sp³-hybridized carbons (Fsp3) is 0.0526. The van der Waals surface area contributed by atoms with E-state index in [1.165, 1.54) is 0 Å². The van der Waals surface area contributed by atoms with Crippen molar-refractivity contribution in [2.24, 2.45) is 0 Å². The summed E-state index contributed by atoms with van der Waals surface area (Å²) in [5.74, 6) is 1.32. The van der Waals surface area contributed by atoms with Crippen LogP contribution in [0.2, 0.25) is 0 Å². The number of hydrogen-bond donors (Lipinski definition) is 0. The van der Waals surface area contributed by atoms with Crippen LogP contribution in [0.25, 0.3) is 22.4 Å². The van der Waals surface area contributed by atoms with E-state index in [0.717, 1.165) is 33.3 Å². The van der Waals surface area contributed by atoms with Crippen molar-refractivity contribution >= 4 is 22.8 Å². The monoisotopic (exact) mass is 386 g/mol. The van der Waals surface area contributed by atoms with E-state index < -0.39 is 0 Å². The highest BCUT2D eigenvalue weighted by atomic mass is 32.2. The van der Waals surface area contributed by atoms with E-state index in [4.69, 9.17) is 0 Å². The fourth-order valence-electron chi connectivity index (χ4n) is 2.89. The molecule has 0 unspecified atom stereocenters. The first-order valence-corrected chi connectivity index (χ1v) is 9.58. The number of nitrogens with zero attached hydrogens (tertiary/aromatic N) is 8. The van der Waals surface area contributed by atoms with Gasteiger partial charge < -0.3 is 0 Å². The first-order valence-electron chi connectivity index (χ1n) is 8.60. The minimum atomic E-state index is 0.574. The van der Waals surface area contributed by atoms with Gasteiger partial charge in [-0.15, -0.1) is 5.10 Å². The lowest BCUT2D eigenvalue weighted by Crippen LogP contribution is -2.02. The third-order valence-corrected chi connectivity index (χ3v) is 5.20. The summed E-state index contributed by atoms with van der Waals surface area (Å²) in [6, 6.07) is 19.7. The van der Waals surface area contributed by atoms with Crippen molar-refractivity contribution in [3.63, 3.8) is 0 Å². The molecule has 0 amide bonds. The molecule has 0 atom stereocenters. The Morgan fingerprint density at radius 2 is 1.54 bits per heavy atom. The molecule has 0 N–H and O–H groups in total. The molecule has 0 aliphatic rings. The summed E-state index contributed by atoms with van der Waals surface area (Å²) in [5, 5.41) is 18.3. The Morgan fingerprint density at radius 3 is 2.29 bits per heavy atom. The summed E-state index contributed by atoms with van der Waals surface area (Å²) < 4.78 is 3.55. The van der Waals surface area contributed by atoms with Crippen LogP contribution >= 0.6 is 11.8 Å². The van der Waals surface area contributed by atoms with Crippen LogP contribution < -0.4 is 0 Å². The van der Waals surface area contributed by atoms with Gasteiger partial charge in [-0.25, -0.2) is 14.6 Å². The van der Waals surface area contributed by atoms with E-state index in [2.05, 4.69) is 30.6 Å². The fourth-order valence-corrected chi connectivity index (χ4v) is 3.76. The van der Waals surface area contributed by atoms with Crippen LogP contribution in [0, 0.1) is 0 Å². The maximum atomic E-state index is 4.49. The van der Waals surface area contributed by atoms with E-state index in [-0.39, 0.29) is 0 Å². The van der Waals surface area contributed by atoms with Gasteiger partial charge in [-0.2, -0.15) is 9.78 Å². The quantitative estimate of drug-likeness (QED) is 0.339. The predicted molar refractivity (Wildman–Crippen MR) is 105 cm³/mol. The second-order valence-electron chi connectivity index (χ2n) is 5.94. The molecule has 0 aliphatic heterocycles. The Bertz CT molecular complexity index is 1220. The number of para-hydroxylation sites is 2. The van der Waals surface area contributed by atoms with Crippen molar-refractivity contribution in [2.75, 3.05) is 0 Å². The first kappa shape index (κ1) is 16.6. The van der Waals surface area contributed by atoms with Crippen LogP contribution in [0.4, 0.5) is 0 Å². The normalized spacial score (nSPS) is 11.1. The summed E-state index contributed by atoms with van der Waals surface area (Å²) in [5.41, 5.74) is 2.65. The molecule has 0 aliphatic carbocycles. The number of fused-ring (bicyclic) bond motifs is 1. The molecule has 3 aromatic heterocycles. The third kappa shape index (κ3) is 3.01. The van der Waals surface area contributed by atoms with Gasteiger partial charge in [0.25, 0.3) is 0 Å². The average Bonchev–Trinajstić information content (AvgIpc) is 3.41. The lowest BCUT2D eigenvalue weighted by molar-refractivity contribution is 0.777. The highest BCUT2D eigenvalue weighted by Crippen LogP contribution is 2.28. The van der Waals surface area contributed by atoms with Gasteiger partial charge >= 0.3 is 0 Å². The molecule has 5 rings (SSSR count). The van der Waals surface area contributed by atoms with Crippen molar-refractivity contribution in [1.29, 1.82) is 0 Å². The van der Waals surface area contributed by atoms with Crippen molar-refractivity contribution in [1.82, 2.24) is 40.0 Å². The molecule has 0 bridgehead atoms. The van der Waals surface area contributed by atoms with Crippen LogP contribution in [0.5, 0.6) is 0 Å². The van der Waals surface area contributed by atoms with Crippen LogP contribution in [0.15, 0.2) is 78.2 Å². The number of rotatable bonds is 5. The van der Waals surface area contributed by atoms with Gasteiger partial charge in [0.1, 0.15) is 11.4 Å². The van der Waals surface area contributed by atoms with Crippen molar-refractivity contribution in [3.05, 3.63) is 79.0 Å². The molecule has 0 saturated carbocycles. The number of hydrogen-bond acceptors (Lipinski definition) is 7. The number of aromatic nitrogens is 8. The Labute approximate surface area is 164 Å². The number of tetrazole rings is 1. The van der Waals surface area contributed by atoms with Crippen LogP contribution in [0.1, 0.15) is 5.82 Å². The highest BCUT2D eigenvalue weighted by Gasteiger charge is 2.14. The summed E-state index contributed by atoms with van der Waals surface area (Å²) in [6.07, 6.45) is 3.36. The lowest BCUT2D eigenvalue weighted by Gasteiger charge is -2.05. The molecule has 8 nitrogen and oxygen atoms in total. The minimum absolute atomic E-state index is 0.574. The summed E-state index contributed by atoms with van der Waals surface area (Å²) in [6.45, 7) is 0. The van der Waals surface area contributed by atoms with E-state index in [1.807, 2.05) is 65.3 Å². The van der Waals surface area contributed by atoms with Crippen LogP contribution in [-0.2, 0) is 5.75 Å². The van der Waals surface area contributed by atoms with Gasteiger partial charge in [0, 0.05) is 0 Å². The molecule has 5 aromatic rings. The molecule has 0 spiro atoms. The van der Waals surface area contributed by atoms with E-state index >= 15 is 0 Å². The van der Waals surface area contributed by atoms with Gasteiger partial charge in [-0.05, 0) is 34.7 Å². The van der Waals surface area contributed by atoms with Crippen LogP contribution in [0.3, 0.4) is 0 Å². The highest BCUT2D eigenvalue weighted by molar-refractivity contribution is 7.98. The lowest BCUT2D eigenvalue weighted by atomic mass is 10.3. The third-order valence-electron chi connectivity index (χ3n) is 4.20. The van der Waals surface area contributed by atoms with Gasteiger partial charge in [0.2, 0.25) is 0 Å². The van der Waals surface area contributed by atoms with E-state index in [1.54, 1.807) is 29.0 Å². The molecule has 28 heavy (non-hydrogen) atoms. The Hall–Kier alpha value is -3.59. The van der Waals surface area contributed by atoms with Gasteiger partial charge in [0.05, 0.1) is 28.7 Å². The predicted octanol–water partition coefficient (Wildman–Crippen LogP) is 3.08. The van der Waals surface area contributed by atoms with Gasteiger partial charge in [-0.1, -0.05) is 48.2 Å². The molecule has 0 saturated heterocycles. The van der Waals surface area contributed by atoms with Crippen molar-refractivity contribution in [2.45, 2.75) is 10.8 Å². The molecule has 0 fully saturated rings. The zero-order valence-corrected chi connectivity index (χ0v) is 15.4. The topological polar surface area (TPSA) is 87.2 Å². The SMILES string of the molecule is c1ccc(-n2nnnc2CSc2ncnc3c2cnn3-c2ccccc2)cc1. The average molecular weight is 386 g/mol. The maximum Gasteiger partial charge on any atom is 0.167 e.